The van der Waals surface area contributed by atoms with Gasteiger partial charge in [0.2, 0.25) is 0 Å². The minimum atomic E-state index is -0.0187. The van der Waals surface area contributed by atoms with E-state index in [9.17, 15) is 5.11 Å². The van der Waals surface area contributed by atoms with E-state index in [0.29, 0.717) is 5.92 Å². The van der Waals surface area contributed by atoms with Crippen molar-refractivity contribution in [1.29, 1.82) is 0 Å². The van der Waals surface area contributed by atoms with Gasteiger partial charge in [0.15, 0.2) is 0 Å². The molecule has 154 valence electrons. The Morgan fingerprint density at radius 3 is 2.59 bits per heavy atom. The van der Waals surface area contributed by atoms with Gasteiger partial charge in [-0.3, -0.25) is 9.80 Å². The fourth-order valence-corrected chi connectivity index (χ4v) is 6.11. The fourth-order valence-electron chi connectivity index (χ4n) is 5.29. The lowest BCUT2D eigenvalue weighted by Crippen LogP contribution is -2.36. The Balaban J connectivity index is 1.30. The maximum Gasteiger partial charge on any atom is 0.134 e. The number of hydrogen-bond donors (Lipinski definition) is 1. The molecular formula is C23H29N3O2S. The van der Waals surface area contributed by atoms with Gasteiger partial charge in [0.25, 0.3) is 0 Å². The molecule has 5 nitrogen and oxygen atoms in total. The first-order valence-electron chi connectivity index (χ1n) is 10.4. The van der Waals surface area contributed by atoms with Crippen LogP contribution in [-0.2, 0) is 13.1 Å². The zero-order chi connectivity index (χ0) is 20.2. The molecule has 2 aliphatic rings. The predicted molar refractivity (Wildman–Crippen MR) is 116 cm³/mol. The Kier molecular flexibility index (Phi) is 4.78. The van der Waals surface area contributed by atoms with E-state index in [1.165, 1.54) is 21.4 Å². The Labute approximate surface area is 176 Å². The molecule has 0 amide bonds. The van der Waals surface area contributed by atoms with Crippen molar-refractivity contribution < 1.29 is 9.52 Å². The molecule has 2 fully saturated rings. The van der Waals surface area contributed by atoms with Crippen LogP contribution in [0.15, 0.2) is 28.1 Å². The number of aliphatic hydroxyl groups excluding tert-OH is 1. The highest BCUT2D eigenvalue weighted by Gasteiger charge is 2.52. The van der Waals surface area contributed by atoms with Crippen LogP contribution in [0.2, 0.25) is 0 Å². The summed E-state index contributed by atoms with van der Waals surface area (Å²) in [5.74, 6) is 1.57. The van der Waals surface area contributed by atoms with Crippen molar-refractivity contribution in [2.75, 3.05) is 32.8 Å². The van der Waals surface area contributed by atoms with E-state index in [0.717, 1.165) is 56.3 Å². The Bertz CT molecular complexity index is 1040. The van der Waals surface area contributed by atoms with E-state index in [1.807, 2.05) is 5.51 Å². The monoisotopic (exact) mass is 411 g/mol. The van der Waals surface area contributed by atoms with Crippen molar-refractivity contribution in [3.63, 3.8) is 0 Å². The molecule has 0 radical (unpaired) electrons. The number of benzene rings is 1. The van der Waals surface area contributed by atoms with Crippen LogP contribution in [0.4, 0.5) is 0 Å². The number of nitrogens with zero attached hydrogens (tertiary/aromatic N) is 3. The Morgan fingerprint density at radius 2 is 1.93 bits per heavy atom. The second kappa shape index (κ2) is 7.20. The summed E-state index contributed by atoms with van der Waals surface area (Å²) in [6.07, 6.45) is 0. The van der Waals surface area contributed by atoms with E-state index < -0.39 is 0 Å². The molecule has 0 bridgehead atoms. The van der Waals surface area contributed by atoms with Crippen LogP contribution in [0.3, 0.4) is 0 Å². The first kappa shape index (κ1) is 19.2. The molecule has 1 aromatic carbocycles. The molecule has 3 aromatic rings. The van der Waals surface area contributed by atoms with Gasteiger partial charge in [-0.2, -0.15) is 0 Å². The van der Waals surface area contributed by atoms with E-state index in [2.05, 4.69) is 53.8 Å². The van der Waals surface area contributed by atoms with Crippen LogP contribution in [0.5, 0.6) is 0 Å². The summed E-state index contributed by atoms with van der Waals surface area (Å²) in [6.45, 7) is 12.4. The smallest absolute Gasteiger partial charge is 0.134 e. The third kappa shape index (κ3) is 3.32. The molecule has 1 N–H and O–H groups in total. The molecule has 29 heavy (non-hydrogen) atoms. The van der Waals surface area contributed by atoms with E-state index >= 15 is 0 Å². The molecule has 6 heteroatoms. The number of aliphatic hydroxyl groups is 1. The summed E-state index contributed by atoms with van der Waals surface area (Å²) in [7, 11) is 0. The number of aromatic nitrogens is 1. The van der Waals surface area contributed by atoms with Crippen LogP contribution in [0.1, 0.15) is 27.5 Å². The lowest BCUT2D eigenvalue weighted by molar-refractivity contribution is 0.109. The molecule has 0 spiro atoms. The summed E-state index contributed by atoms with van der Waals surface area (Å²) < 4.78 is 6.19. The maximum absolute atomic E-state index is 10.3. The third-order valence-electron chi connectivity index (χ3n) is 6.98. The van der Waals surface area contributed by atoms with Crippen molar-refractivity contribution in [1.82, 2.24) is 14.8 Å². The van der Waals surface area contributed by atoms with Crippen LogP contribution < -0.4 is 0 Å². The molecule has 0 aliphatic carbocycles. The zero-order valence-corrected chi connectivity index (χ0v) is 18.3. The van der Waals surface area contributed by atoms with Crippen molar-refractivity contribution in [2.45, 2.75) is 33.9 Å². The number of fused-ring (bicyclic) bond motifs is 2. The topological polar surface area (TPSA) is 52.7 Å². The molecule has 2 unspecified atom stereocenters. The van der Waals surface area contributed by atoms with Gasteiger partial charge in [-0.25, -0.2) is 4.98 Å². The normalized spacial score (nSPS) is 25.3. The first-order chi connectivity index (χ1) is 14.0. The highest BCUT2D eigenvalue weighted by Crippen LogP contribution is 2.43. The average Bonchev–Trinajstić information content (AvgIpc) is 3.40. The van der Waals surface area contributed by atoms with E-state index in [4.69, 9.17) is 4.42 Å². The van der Waals surface area contributed by atoms with Gasteiger partial charge in [0.05, 0.1) is 24.4 Å². The van der Waals surface area contributed by atoms with Gasteiger partial charge in [-0.15, -0.1) is 11.3 Å². The number of rotatable bonds is 5. The van der Waals surface area contributed by atoms with Gasteiger partial charge in [-0.1, -0.05) is 11.6 Å². The molecule has 2 aromatic heterocycles. The zero-order valence-electron chi connectivity index (χ0n) is 17.4. The average molecular weight is 412 g/mol. The Hall–Kier alpha value is -1.73. The molecule has 5 rings (SSSR count). The molecule has 2 atom stereocenters. The molecular weight excluding hydrogens is 382 g/mol. The predicted octanol–water partition coefficient (Wildman–Crippen LogP) is 3.74. The highest BCUT2D eigenvalue weighted by molar-refractivity contribution is 7.09. The van der Waals surface area contributed by atoms with E-state index in [-0.39, 0.29) is 12.0 Å². The second-order valence-electron chi connectivity index (χ2n) is 9.07. The number of aryl methyl sites for hydroxylation is 3. The molecule has 4 heterocycles. The molecule has 2 saturated heterocycles. The number of furan rings is 1. The summed E-state index contributed by atoms with van der Waals surface area (Å²) in [5.41, 5.74) is 6.55. The van der Waals surface area contributed by atoms with Gasteiger partial charge >= 0.3 is 0 Å². The largest absolute Gasteiger partial charge is 0.459 e. The van der Waals surface area contributed by atoms with Crippen LogP contribution >= 0.6 is 11.3 Å². The lowest BCUT2D eigenvalue weighted by Gasteiger charge is -2.27. The standard InChI is InChI=1S/C23H29N3O2S/c1-15-4-5-20-19(6-15)16(2)21(28-20)9-25-7-18-8-26(12-23(18,11-25)13-27)10-22-17(3)24-14-29-22/h4-6,14,18,27H,7-13H2,1-3H3. The van der Waals surface area contributed by atoms with Gasteiger partial charge in [-0.05, 0) is 44.4 Å². The fraction of sp³-hybridized carbons (Fsp3) is 0.522. The van der Waals surface area contributed by atoms with Gasteiger partial charge in [0, 0.05) is 48.4 Å². The second-order valence-corrected chi connectivity index (χ2v) is 10.0. The summed E-state index contributed by atoms with van der Waals surface area (Å²) >= 11 is 1.74. The summed E-state index contributed by atoms with van der Waals surface area (Å²) in [4.78, 5) is 10.7. The third-order valence-corrected chi connectivity index (χ3v) is 7.90. The van der Waals surface area contributed by atoms with Crippen molar-refractivity contribution >= 4 is 22.3 Å². The highest BCUT2D eigenvalue weighted by atomic mass is 32.1. The maximum atomic E-state index is 10.3. The van der Waals surface area contributed by atoms with Crippen LogP contribution in [0, 0.1) is 32.1 Å². The summed E-state index contributed by atoms with van der Waals surface area (Å²) in [6, 6.07) is 6.40. The van der Waals surface area contributed by atoms with Gasteiger partial charge < -0.3 is 9.52 Å². The number of thiazole rings is 1. The van der Waals surface area contributed by atoms with Crippen molar-refractivity contribution in [2.24, 2.45) is 11.3 Å². The number of likely N-dealkylation sites (tertiary alicyclic amines) is 2. The van der Waals surface area contributed by atoms with Crippen LogP contribution in [0.25, 0.3) is 11.0 Å². The summed E-state index contributed by atoms with van der Waals surface area (Å²) in [5, 5.41) is 11.5. The molecule has 0 saturated carbocycles. The van der Waals surface area contributed by atoms with Crippen molar-refractivity contribution in [3.05, 3.63) is 51.2 Å². The van der Waals surface area contributed by atoms with Crippen LogP contribution in [-0.4, -0.2) is 52.7 Å². The number of hydrogen-bond acceptors (Lipinski definition) is 6. The molecule has 2 aliphatic heterocycles. The van der Waals surface area contributed by atoms with Crippen molar-refractivity contribution in [3.8, 4) is 0 Å². The first-order valence-corrected chi connectivity index (χ1v) is 11.3. The van der Waals surface area contributed by atoms with E-state index in [1.54, 1.807) is 11.3 Å². The lowest BCUT2D eigenvalue weighted by atomic mass is 9.82. The SMILES string of the molecule is Cc1ccc2oc(CN3CC4CN(Cc5scnc5C)CC4(CO)C3)c(C)c2c1. The quantitative estimate of drug-likeness (QED) is 0.693. The minimum absolute atomic E-state index is 0.0187. The Morgan fingerprint density at radius 1 is 1.17 bits per heavy atom. The minimum Gasteiger partial charge on any atom is -0.459 e. The van der Waals surface area contributed by atoms with Gasteiger partial charge in [0.1, 0.15) is 11.3 Å².